The number of carbonyl (C=O) groups is 1. The molecule has 1 saturated heterocycles. The molecular formula is C15H26N2O2S2. The van der Waals surface area contributed by atoms with E-state index in [1.807, 2.05) is 0 Å². The first-order chi connectivity index (χ1) is 9.95. The molecule has 0 aromatic rings. The minimum absolute atomic E-state index is 0.109. The average Bonchev–Trinajstić information content (AvgIpc) is 2.42. The van der Waals surface area contributed by atoms with Crippen LogP contribution in [-0.2, 0) is 4.79 Å². The van der Waals surface area contributed by atoms with Gasteiger partial charge in [0.25, 0.3) is 0 Å². The van der Waals surface area contributed by atoms with Crippen molar-refractivity contribution in [2.75, 3.05) is 25.6 Å². The average molecular weight is 331 g/mol. The van der Waals surface area contributed by atoms with Crippen LogP contribution in [0.15, 0.2) is 0 Å². The van der Waals surface area contributed by atoms with Gasteiger partial charge in [0.1, 0.15) is 4.32 Å². The van der Waals surface area contributed by atoms with E-state index in [0.717, 1.165) is 55.6 Å². The molecule has 120 valence electrons. The molecule has 2 rings (SSSR count). The summed E-state index contributed by atoms with van der Waals surface area (Å²) in [4.78, 5) is 15.8. The zero-order chi connectivity index (χ0) is 15.4. The largest absolute Gasteiger partial charge is 0.481 e. The lowest BCUT2D eigenvalue weighted by Crippen LogP contribution is -2.47. The summed E-state index contributed by atoms with van der Waals surface area (Å²) < 4.78 is 1.02. The highest BCUT2D eigenvalue weighted by Crippen LogP contribution is 2.31. The number of thioether (sulfide) groups is 1. The lowest BCUT2D eigenvalue weighted by molar-refractivity contribution is -0.143. The third kappa shape index (κ3) is 5.11. The Bertz CT molecular complexity index is 382. The summed E-state index contributed by atoms with van der Waals surface area (Å²) in [5.74, 6) is 1.52. The third-order valence-electron chi connectivity index (χ3n) is 4.30. The molecule has 1 aliphatic carbocycles. The smallest absolute Gasteiger partial charge is 0.306 e. The van der Waals surface area contributed by atoms with Crippen LogP contribution in [0.1, 0.15) is 39.5 Å². The summed E-state index contributed by atoms with van der Waals surface area (Å²) >= 11 is 7.20. The molecule has 0 bridgehead atoms. The Kier molecular flexibility index (Phi) is 6.32. The Balaban J connectivity index is 1.78. The van der Waals surface area contributed by atoms with E-state index in [1.54, 1.807) is 11.8 Å². The molecule has 6 heteroatoms. The standard InChI is InChI=1S/C15H26N2O2S2/c1-11(2)7-17-9-16(10-21-15(17)20)8-12-3-5-13(6-4-12)14(18)19/h11-13H,3-10H2,1-2H3,(H,18,19). The predicted molar refractivity (Wildman–Crippen MR) is 91.3 cm³/mol. The second-order valence-corrected chi connectivity index (χ2v) is 8.28. The predicted octanol–water partition coefficient (Wildman–Crippen LogP) is 3.08. The van der Waals surface area contributed by atoms with Gasteiger partial charge in [-0.05, 0) is 37.5 Å². The van der Waals surface area contributed by atoms with Crippen molar-refractivity contribution < 1.29 is 9.90 Å². The van der Waals surface area contributed by atoms with Gasteiger partial charge in [0.2, 0.25) is 0 Å². The molecule has 21 heavy (non-hydrogen) atoms. The second-order valence-electron chi connectivity index (χ2n) is 6.71. The van der Waals surface area contributed by atoms with Crippen LogP contribution in [-0.4, -0.2) is 50.8 Å². The summed E-state index contributed by atoms with van der Waals surface area (Å²) in [6.07, 6.45) is 3.78. The number of hydrogen-bond acceptors (Lipinski definition) is 4. The number of carboxylic acid groups (broad SMARTS) is 1. The van der Waals surface area contributed by atoms with Crippen LogP contribution in [0.2, 0.25) is 0 Å². The lowest BCUT2D eigenvalue weighted by atomic mass is 9.82. The molecule has 2 fully saturated rings. The SMILES string of the molecule is CC(C)CN1CN(CC2CCC(C(=O)O)CC2)CSC1=S. The summed E-state index contributed by atoms with van der Waals surface area (Å²) in [6, 6.07) is 0. The minimum Gasteiger partial charge on any atom is -0.481 e. The van der Waals surface area contributed by atoms with Crippen LogP contribution in [0, 0.1) is 17.8 Å². The number of nitrogens with zero attached hydrogens (tertiary/aromatic N) is 2. The van der Waals surface area contributed by atoms with E-state index >= 15 is 0 Å². The maximum Gasteiger partial charge on any atom is 0.306 e. The van der Waals surface area contributed by atoms with Gasteiger partial charge in [0.05, 0.1) is 18.5 Å². The summed E-state index contributed by atoms with van der Waals surface area (Å²) in [5, 5.41) is 9.06. The van der Waals surface area contributed by atoms with Gasteiger partial charge in [0, 0.05) is 13.1 Å². The Morgan fingerprint density at radius 2 is 2.05 bits per heavy atom. The van der Waals surface area contributed by atoms with Crippen molar-refractivity contribution in [2.45, 2.75) is 39.5 Å². The first-order valence-electron chi connectivity index (χ1n) is 7.82. The van der Waals surface area contributed by atoms with Crippen molar-refractivity contribution in [1.82, 2.24) is 9.80 Å². The Hall–Kier alpha value is -0.330. The quantitative estimate of drug-likeness (QED) is 0.782. The highest BCUT2D eigenvalue weighted by atomic mass is 32.2. The zero-order valence-electron chi connectivity index (χ0n) is 13.0. The monoisotopic (exact) mass is 330 g/mol. The third-order valence-corrected chi connectivity index (χ3v) is 5.91. The molecule has 1 aliphatic heterocycles. The molecule has 1 saturated carbocycles. The van der Waals surface area contributed by atoms with Crippen molar-refractivity contribution in [1.29, 1.82) is 0 Å². The summed E-state index contributed by atoms with van der Waals surface area (Å²) in [7, 11) is 0. The van der Waals surface area contributed by atoms with Gasteiger partial charge < -0.3 is 10.0 Å². The number of carboxylic acids is 1. The normalized spacial score (nSPS) is 28.1. The van der Waals surface area contributed by atoms with Gasteiger partial charge in [-0.3, -0.25) is 9.69 Å². The molecule has 0 atom stereocenters. The number of hydrogen-bond donors (Lipinski definition) is 1. The van der Waals surface area contributed by atoms with Gasteiger partial charge in [-0.2, -0.15) is 0 Å². The zero-order valence-corrected chi connectivity index (χ0v) is 14.6. The van der Waals surface area contributed by atoms with Crippen molar-refractivity contribution in [2.24, 2.45) is 17.8 Å². The van der Waals surface area contributed by atoms with Gasteiger partial charge >= 0.3 is 5.97 Å². The maximum absolute atomic E-state index is 11.0. The van der Waals surface area contributed by atoms with E-state index in [2.05, 4.69) is 23.6 Å². The molecular weight excluding hydrogens is 304 g/mol. The summed E-state index contributed by atoms with van der Waals surface area (Å²) in [6.45, 7) is 7.48. The van der Waals surface area contributed by atoms with E-state index in [0.29, 0.717) is 11.8 Å². The Morgan fingerprint density at radius 1 is 1.38 bits per heavy atom. The van der Waals surface area contributed by atoms with E-state index in [-0.39, 0.29) is 5.92 Å². The Morgan fingerprint density at radius 3 is 2.62 bits per heavy atom. The van der Waals surface area contributed by atoms with Crippen LogP contribution >= 0.6 is 24.0 Å². The van der Waals surface area contributed by atoms with Crippen LogP contribution in [0.25, 0.3) is 0 Å². The molecule has 0 spiro atoms. The molecule has 0 aromatic heterocycles. The van der Waals surface area contributed by atoms with E-state index in [1.165, 1.54) is 0 Å². The first kappa shape index (κ1) is 17.0. The summed E-state index contributed by atoms with van der Waals surface area (Å²) in [5.41, 5.74) is 0. The van der Waals surface area contributed by atoms with E-state index < -0.39 is 5.97 Å². The lowest BCUT2D eigenvalue weighted by Gasteiger charge is -2.39. The van der Waals surface area contributed by atoms with E-state index in [4.69, 9.17) is 17.3 Å². The van der Waals surface area contributed by atoms with Gasteiger partial charge in [-0.1, -0.05) is 37.8 Å². The van der Waals surface area contributed by atoms with Gasteiger partial charge in [-0.15, -0.1) is 0 Å². The molecule has 0 unspecified atom stereocenters. The van der Waals surface area contributed by atoms with Crippen LogP contribution in [0.4, 0.5) is 0 Å². The van der Waals surface area contributed by atoms with Crippen molar-refractivity contribution in [3.8, 4) is 0 Å². The molecule has 0 aromatic carbocycles. The topological polar surface area (TPSA) is 43.8 Å². The van der Waals surface area contributed by atoms with E-state index in [9.17, 15) is 4.79 Å². The minimum atomic E-state index is -0.615. The Labute approximate surface area is 137 Å². The molecule has 2 aliphatic rings. The molecule has 0 radical (unpaired) electrons. The fraction of sp³-hybridized carbons (Fsp3) is 0.867. The molecule has 0 amide bonds. The number of thiocarbonyl (C=S) groups is 1. The number of aliphatic carboxylic acids is 1. The van der Waals surface area contributed by atoms with Gasteiger partial charge in [0.15, 0.2) is 0 Å². The molecule has 1 N–H and O–H groups in total. The molecule has 1 heterocycles. The van der Waals surface area contributed by atoms with Crippen molar-refractivity contribution >= 4 is 34.3 Å². The van der Waals surface area contributed by atoms with Crippen molar-refractivity contribution in [3.05, 3.63) is 0 Å². The fourth-order valence-electron chi connectivity index (χ4n) is 3.22. The van der Waals surface area contributed by atoms with Crippen LogP contribution < -0.4 is 0 Å². The van der Waals surface area contributed by atoms with Crippen LogP contribution in [0.5, 0.6) is 0 Å². The highest BCUT2D eigenvalue weighted by molar-refractivity contribution is 8.22. The fourth-order valence-corrected chi connectivity index (χ4v) is 4.30. The first-order valence-corrected chi connectivity index (χ1v) is 9.22. The van der Waals surface area contributed by atoms with Crippen LogP contribution in [0.3, 0.4) is 0 Å². The highest BCUT2D eigenvalue weighted by Gasteiger charge is 2.29. The maximum atomic E-state index is 11.0. The van der Waals surface area contributed by atoms with Gasteiger partial charge in [-0.25, -0.2) is 0 Å². The molecule has 4 nitrogen and oxygen atoms in total. The van der Waals surface area contributed by atoms with Crippen molar-refractivity contribution in [3.63, 3.8) is 0 Å². The number of rotatable bonds is 5. The second kappa shape index (κ2) is 7.79.